The van der Waals surface area contributed by atoms with Crippen molar-refractivity contribution in [3.63, 3.8) is 0 Å². The van der Waals surface area contributed by atoms with E-state index < -0.39 is 9.84 Å². The van der Waals surface area contributed by atoms with Crippen LogP contribution in [0.5, 0.6) is 0 Å². The highest BCUT2D eigenvalue weighted by Crippen LogP contribution is 2.33. The number of para-hydroxylation sites is 1. The number of nitrogens with zero attached hydrogens (tertiary/aromatic N) is 3. The molecule has 0 amide bonds. The van der Waals surface area contributed by atoms with E-state index in [2.05, 4.69) is 4.99 Å². The molecular weight excluding hydrogens is 466 g/mol. The van der Waals surface area contributed by atoms with Crippen molar-refractivity contribution in [1.82, 2.24) is 9.78 Å². The van der Waals surface area contributed by atoms with Crippen molar-refractivity contribution in [2.75, 3.05) is 18.1 Å². The van der Waals surface area contributed by atoms with Crippen LogP contribution in [0.25, 0.3) is 16.9 Å². The number of hydrogen-bond donors (Lipinski definition) is 0. The standard InChI is InChI=1S/C26H21N3O3S2/c30-25(20-12-6-2-7-13-20)23-24(19-10-4-1-5-11-19)28-29(21-14-8-3-9-15-21)26(23)34(31,32)18-22-27-16-17-33-22/h1-15H,16-18H2. The van der Waals surface area contributed by atoms with Crippen LogP contribution in [-0.4, -0.2) is 47.1 Å². The molecule has 0 saturated heterocycles. The van der Waals surface area contributed by atoms with E-state index in [1.807, 2.05) is 54.6 Å². The van der Waals surface area contributed by atoms with Gasteiger partial charge in [0.2, 0.25) is 9.84 Å². The quantitative estimate of drug-likeness (QED) is 0.353. The molecule has 4 aromatic rings. The molecule has 1 aromatic heterocycles. The summed E-state index contributed by atoms with van der Waals surface area (Å²) in [5, 5.41) is 5.15. The number of ketones is 1. The second-order valence-corrected chi connectivity index (χ2v) is 10.8. The Morgan fingerprint density at radius 2 is 1.50 bits per heavy atom. The number of benzene rings is 3. The van der Waals surface area contributed by atoms with E-state index in [9.17, 15) is 13.2 Å². The second kappa shape index (κ2) is 9.40. The molecule has 0 aliphatic carbocycles. The normalized spacial score (nSPS) is 13.6. The molecule has 5 rings (SSSR count). The third-order valence-corrected chi connectivity index (χ3v) is 8.21. The minimum atomic E-state index is -3.97. The van der Waals surface area contributed by atoms with Gasteiger partial charge in [-0.1, -0.05) is 78.9 Å². The van der Waals surface area contributed by atoms with Crippen LogP contribution in [-0.2, 0) is 9.84 Å². The molecule has 1 aliphatic heterocycles. The van der Waals surface area contributed by atoms with E-state index in [-0.39, 0.29) is 22.1 Å². The van der Waals surface area contributed by atoms with Crippen molar-refractivity contribution >= 4 is 32.4 Å². The largest absolute Gasteiger partial charge is 0.288 e. The van der Waals surface area contributed by atoms with Gasteiger partial charge < -0.3 is 0 Å². The van der Waals surface area contributed by atoms with Gasteiger partial charge in [-0.15, -0.1) is 11.8 Å². The topological polar surface area (TPSA) is 81.4 Å². The van der Waals surface area contributed by atoms with Crippen molar-refractivity contribution in [2.24, 2.45) is 4.99 Å². The van der Waals surface area contributed by atoms with Gasteiger partial charge in [0.15, 0.2) is 10.8 Å². The van der Waals surface area contributed by atoms with E-state index >= 15 is 0 Å². The first kappa shape index (κ1) is 22.3. The number of carbonyl (C=O) groups is 1. The molecule has 0 fully saturated rings. The van der Waals surface area contributed by atoms with Crippen molar-refractivity contribution in [1.29, 1.82) is 0 Å². The maximum Gasteiger partial charge on any atom is 0.202 e. The Labute approximate surface area is 202 Å². The fraction of sp³-hybridized carbons (Fsp3) is 0.115. The van der Waals surface area contributed by atoms with Crippen LogP contribution in [0, 0.1) is 0 Å². The molecule has 0 atom stereocenters. The molecule has 0 unspecified atom stereocenters. The SMILES string of the molecule is O=C(c1ccccc1)c1c(-c2ccccc2)nn(-c2ccccc2)c1S(=O)(=O)CC1=NCCS1. The summed E-state index contributed by atoms with van der Waals surface area (Å²) in [7, 11) is -3.97. The Morgan fingerprint density at radius 1 is 0.882 bits per heavy atom. The number of hydrogen-bond acceptors (Lipinski definition) is 6. The fourth-order valence-corrected chi connectivity index (χ4v) is 6.73. The summed E-state index contributed by atoms with van der Waals surface area (Å²) in [6.07, 6.45) is 0. The first-order valence-electron chi connectivity index (χ1n) is 10.8. The van der Waals surface area contributed by atoms with Gasteiger partial charge in [0.05, 0.1) is 16.3 Å². The lowest BCUT2D eigenvalue weighted by Gasteiger charge is -2.11. The molecule has 0 spiro atoms. The monoisotopic (exact) mass is 487 g/mol. The number of carbonyl (C=O) groups excluding carboxylic acids is 1. The molecule has 0 radical (unpaired) electrons. The van der Waals surface area contributed by atoms with E-state index in [1.54, 1.807) is 36.4 Å². The number of thioether (sulfide) groups is 1. The van der Waals surface area contributed by atoms with E-state index in [1.165, 1.54) is 16.4 Å². The summed E-state index contributed by atoms with van der Waals surface area (Å²) >= 11 is 1.44. The average Bonchev–Trinajstić information content (AvgIpc) is 3.53. The molecule has 3 aromatic carbocycles. The molecule has 34 heavy (non-hydrogen) atoms. The summed E-state index contributed by atoms with van der Waals surface area (Å²) in [5.41, 5.74) is 2.03. The summed E-state index contributed by atoms with van der Waals surface area (Å²) in [6, 6.07) is 26.9. The van der Waals surface area contributed by atoms with Gasteiger partial charge in [-0.3, -0.25) is 9.79 Å². The molecule has 0 N–H and O–H groups in total. The maximum atomic E-state index is 13.9. The minimum Gasteiger partial charge on any atom is -0.288 e. The third-order valence-electron chi connectivity index (χ3n) is 5.41. The van der Waals surface area contributed by atoms with Gasteiger partial charge >= 0.3 is 0 Å². The molecule has 6 nitrogen and oxygen atoms in total. The molecule has 170 valence electrons. The Balaban J connectivity index is 1.81. The summed E-state index contributed by atoms with van der Waals surface area (Å²) < 4.78 is 29.1. The molecule has 2 heterocycles. The Hall–Kier alpha value is -3.49. The second-order valence-electron chi connectivity index (χ2n) is 7.72. The van der Waals surface area contributed by atoms with Crippen LogP contribution in [0.2, 0.25) is 0 Å². The number of aliphatic imine (C=N–C) groups is 1. The van der Waals surface area contributed by atoms with Gasteiger partial charge in [-0.25, -0.2) is 13.1 Å². The number of sulfone groups is 1. The Bertz CT molecular complexity index is 1460. The van der Waals surface area contributed by atoms with E-state index in [0.29, 0.717) is 34.1 Å². The van der Waals surface area contributed by atoms with Crippen molar-refractivity contribution in [3.05, 3.63) is 102 Å². The zero-order valence-electron chi connectivity index (χ0n) is 18.2. The first-order chi connectivity index (χ1) is 16.5. The summed E-state index contributed by atoms with van der Waals surface area (Å²) in [5.74, 6) is 0.106. The van der Waals surface area contributed by atoms with Gasteiger partial charge in [-0.2, -0.15) is 5.10 Å². The van der Waals surface area contributed by atoms with Gasteiger partial charge in [-0.05, 0) is 12.1 Å². The number of aromatic nitrogens is 2. The van der Waals surface area contributed by atoms with Gasteiger partial charge in [0, 0.05) is 23.4 Å². The van der Waals surface area contributed by atoms with E-state index in [0.717, 1.165) is 5.75 Å². The summed E-state index contributed by atoms with van der Waals surface area (Å²) in [6.45, 7) is 0.596. The first-order valence-corrected chi connectivity index (χ1v) is 13.4. The lowest BCUT2D eigenvalue weighted by molar-refractivity contribution is 0.103. The predicted octanol–water partition coefficient (Wildman–Crippen LogP) is 4.69. The van der Waals surface area contributed by atoms with Crippen LogP contribution in [0.4, 0.5) is 0 Å². The van der Waals surface area contributed by atoms with E-state index in [4.69, 9.17) is 5.10 Å². The Kier molecular flexibility index (Phi) is 6.17. The molecular formula is C26H21N3O3S2. The van der Waals surface area contributed by atoms with Crippen LogP contribution in [0.1, 0.15) is 15.9 Å². The average molecular weight is 488 g/mol. The van der Waals surface area contributed by atoms with Gasteiger partial charge in [0.25, 0.3) is 0 Å². The lowest BCUT2D eigenvalue weighted by atomic mass is 10.0. The summed E-state index contributed by atoms with van der Waals surface area (Å²) in [4.78, 5) is 18.2. The molecule has 1 aliphatic rings. The van der Waals surface area contributed by atoms with Crippen molar-refractivity contribution < 1.29 is 13.2 Å². The zero-order chi connectivity index (χ0) is 23.5. The van der Waals surface area contributed by atoms with Crippen LogP contribution < -0.4 is 0 Å². The van der Waals surface area contributed by atoms with Crippen molar-refractivity contribution in [2.45, 2.75) is 5.03 Å². The van der Waals surface area contributed by atoms with Gasteiger partial charge in [0.1, 0.15) is 11.4 Å². The maximum absolute atomic E-state index is 13.9. The van der Waals surface area contributed by atoms with Crippen LogP contribution in [0.3, 0.4) is 0 Å². The molecule has 0 saturated carbocycles. The number of rotatable bonds is 7. The minimum absolute atomic E-state index is 0.0739. The Morgan fingerprint density at radius 3 is 2.12 bits per heavy atom. The molecule has 0 bridgehead atoms. The fourth-order valence-electron chi connectivity index (χ4n) is 3.87. The highest BCUT2D eigenvalue weighted by atomic mass is 32.2. The third kappa shape index (κ3) is 4.34. The predicted molar refractivity (Wildman–Crippen MR) is 136 cm³/mol. The lowest BCUT2D eigenvalue weighted by Crippen LogP contribution is -2.20. The smallest absolute Gasteiger partial charge is 0.202 e. The van der Waals surface area contributed by atoms with Crippen molar-refractivity contribution in [3.8, 4) is 16.9 Å². The highest BCUT2D eigenvalue weighted by Gasteiger charge is 2.35. The zero-order valence-corrected chi connectivity index (χ0v) is 19.8. The molecule has 8 heteroatoms. The van der Waals surface area contributed by atoms with Crippen LogP contribution in [0.15, 0.2) is 101 Å². The highest BCUT2D eigenvalue weighted by molar-refractivity contribution is 8.15. The van der Waals surface area contributed by atoms with Crippen LogP contribution >= 0.6 is 11.8 Å².